The van der Waals surface area contributed by atoms with E-state index in [-0.39, 0.29) is 0 Å². The van der Waals surface area contributed by atoms with Crippen molar-refractivity contribution >= 4 is 22.7 Å². The lowest BCUT2D eigenvalue weighted by Crippen LogP contribution is -2.23. The fourth-order valence-electron chi connectivity index (χ4n) is 1.77. The summed E-state index contributed by atoms with van der Waals surface area (Å²) in [5.74, 6) is 0. The van der Waals surface area contributed by atoms with Crippen molar-refractivity contribution < 1.29 is 0 Å². The van der Waals surface area contributed by atoms with Crippen molar-refractivity contribution in [1.29, 1.82) is 0 Å². The Bertz CT molecular complexity index is 434. The lowest BCUT2D eigenvalue weighted by molar-refractivity contribution is 0.529. The van der Waals surface area contributed by atoms with Gasteiger partial charge in [-0.25, -0.2) is 4.98 Å². The Morgan fingerprint density at radius 3 is 2.88 bits per heavy atom. The average Bonchev–Trinajstić information content (AvgIpc) is 2.95. The molecule has 0 saturated carbocycles. The molecule has 0 fully saturated rings. The van der Waals surface area contributed by atoms with Crippen LogP contribution in [0, 0.1) is 6.92 Å². The summed E-state index contributed by atoms with van der Waals surface area (Å²) in [5.41, 5.74) is 2.51. The number of rotatable bonds is 6. The molecule has 2 heterocycles. The van der Waals surface area contributed by atoms with Crippen molar-refractivity contribution in [2.75, 3.05) is 6.54 Å². The largest absolute Gasteiger partial charge is 0.310 e. The van der Waals surface area contributed by atoms with Crippen LogP contribution in [0.5, 0.6) is 0 Å². The predicted molar refractivity (Wildman–Crippen MR) is 75.9 cm³/mol. The van der Waals surface area contributed by atoms with Crippen LogP contribution in [0.2, 0.25) is 0 Å². The minimum atomic E-state index is 0.409. The molecule has 1 N–H and O–H groups in total. The summed E-state index contributed by atoms with van der Waals surface area (Å²) in [4.78, 5) is 4.55. The van der Waals surface area contributed by atoms with Crippen molar-refractivity contribution in [1.82, 2.24) is 10.3 Å². The Morgan fingerprint density at radius 1 is 1.41 bits per heavy atom. The van der Waals surface area contributed by atoms with Crippen LogP contribution in [0.25, 0.3) is 0 Å². The minimum absolute atomic E-state index is 0.409. The summed E-state index contributed by atoms with van der Waals surface area (Å²) in [6.07, 6.45) is 2.16. The zero-order chi connectivity index (χ0) is 12.1. The molecule has 2 aromatic heterocycles. The van der Waals surface area contributed by atoms with Crippen LogP contribution >= 0.6 is 22.7 Å². The maximum absolute atomic E-state index is 4.55. The van der Waals surface area contributed by atoms with Crippen molar-refractivity contribution in [2.45, 2.75) is 32.7 Å². The summed E-state index contributed by atoms with van der Waals surface area (Å²) < 4.78 is 0. The Balaban J connectivity index is 2.05. The fourth-order valence-corrected chi connectivity index (χ4v) is 3.30. The number of nitrogens with zero attached hydrogens (tertiary/aromatic N) is 1. The highest BCUT2D eigenvalue weighted by Gasteiger charge is 2.13. The molecule has 2 nitrogen and oxygen atoms in total. The van der Waals surface area contributed by atoms with Gasteiger partial charge in [0.25, 0.3) is 0 Å². The zero-order valence-corrected chi connectivity index (χ0v) is 11.9. The number of aromatic nitrogens is 1. The van der Waals surface area contributed by atoms with E-state index in [4.69, 9.17) is 0 Å². The highest BCUT2D eigenvalue weighted by Crippen LogP contribution is 2.22. The van der Waals surface area contributed by atoms with Crippen LogP contribution in [0.3, 0.4) is 0 Å². The van der Waals surface area contributed by atoms with Crippen molar-refractivity contribution in [3.63, 3.8) is 0 Å². The number of aryl methyl sites for hydroxylation is 1. The smallest absolute Gasteiger partial charge is 0.0947 e. The topological polar surface area (TPSA) is 24.9 Å². The third-order valence-corrected chi connectivity index (χ3v) is 4.32. The Kier molecular flexibility index (Phi) is 4.71. The summed E-state index contributed by atoms with van der Waals surface area (Å²) in [5, 5.41) is 11.3. The van der Waals surface area contributed by atoms with Gasteiger partial charge >= 0.3 is 0 Å². The Morgan fingerprint density at radius 2 is 2.29 bits per heavy atom. The molecule has 92 valence electrons. The average molecular weight is 266 g/mol. The molecule has 0 radical (unpaired) electrons. The molecule has 2 aromatic rings. The molecule has 0 amide bonds. The molecule has 1 unspecified atom stereocenters. The molecule has 0 saturated heterocycles. The van der Waals surface area contributed by atoms with E-state index in [2.05, 4.69) is 46.4 Å². The number of thiophene rings is 1. The highest BCUT2D eigenvalue weighted by molar-refractivity contribution is 7.09. The Labute approximate surface area is 111 Å². The van der Waals surface area contributed by atoms with Gasteiger partial charge in [0.05, 0.1) is 5.01 Å². The molecule has 2 rings (SSSR count). The van der Waals surface area contributed by atoms with Crippen LogP contribution in [-0.2, 0) is 6.42 Å². The summed E-state index contributed by atoms with van der Waals surface area (Å²) in [6.45, 7) is 5.31. The van der Waals surface area contributed by atoms with Crippen molar-refractivity contribution in [3.05, 3.63) is 38.5 Å². The van der Waals surface area contributed by atoms with E-state index < -0.39 is 0 Å². The van der Waals surface area contributed by atoms with Gasteiger partial charge < -0.3 is 5.32 Å². The summed E-state index contributed by atoms with van der Waals surface area (Å²) >= 11 is 3.52. The normalized spacial score (nSPS) is 12.8. The van der Waals surface area contributed by atoms with Crippen LogP contribution in [0.4, 0.5) is 0 Å². The molecule has 1 atom stereocenters. The number of hydrogen-bond donors (Lipinski definition) is 1. The number of thiazole rings is 1. The molecule has 0 aliphatic rings. The summed E-state index contributed by atoms with van der Waals surface area (Å²) in [7, 11) is 0. The first kappa shape index (κ1) is 12.7. The molecule has 0 aromatic carbocycles. The van der Waals surface area contributed by atoms with E-state index in [0.717, 1.165) is 25.1 Å². The van der Waals surface area contributed by atoms with Gasteiger partial charge in [0, 0.05) is 23.5 Å². The van der Waals surface area contributed by atoms with Gasteiger partial charge in [-0.2, -0.15) is 11.3 Å². The molecule has 17 heavy (non-hydrogen) atoms. The van der Waals surface area contributed by atoms with Gasteiger partial charge in [0.15, 0.2) is 0 Å². The van der Waals surface area contributed by atoms with Gasteiger partial charge in [-0.3, -0.25) is 0 Å². The van der Waals surface area contributed by atoms with Gasteiger partial charge in [-0.15, -0.1) is 11.3 Å². The maximum Gasteiger partial charge on any atom is 0.0947 e. The monoisotopic (exact) mass is 266 g/mol. The molecule has 0 spiro atoms. The second kappa shape index (κ2) is 6.28. The fraction of sp³-hybridized carbons (Fsp3) is 0.462. The molecule has 0 aliphatic carbocycles. The van der Waals surface area contributed by atoms with Crippen LogP contribution in [0.15, 0.2) is 22.2 Å². The predicted octanol–water partition coefficient (Wildman–Crippen LogP) is 3.80. The molecule has 0 bridgehead atoms. The van der Waals surface area contributed by atoms with Gasteiger partial charge in [0.2, 0.25) is 0 Å². The quantitative estimate of drug-likeness (QED) is 0.860. The van der Waals surface area contributed by atoms with Crippen LogP contribution in [-0.4, -0.2) is 11.5 Å². The van der Waals surface area contributed by atoms with E-state index in [0.29, 0.717) is 6.04 Å². The van der Waals surface area contributed by atoms with E-state index in [9.17, 15) is 0 Å². The first-order valence-electron chi connectivity index (χ1n) is 5.96. The van der Waals surface area contributed by atoms with Crippen molar-refractivity contribution in [3.8, 4) is 0 Å². The SMILES string of the molecule is CCCNC(Cc1nc(C)cs1)c1ccsc1. The minimum Gasteiger partial charge on any atom is -0.310 e. The number of hydrogen-bond acceptors (Lipinski definition) is 4. The molecular weight excluding hydrogens is 248 g/mol. The molecular formula is C13H18N2S2. The van der Waals surface area contributed by atoms with Gasteiger partial charge in [0.1, 0.15) is 0 Å². The highest BCUT2D eigenvalue weighted by atomic mass is 32.1. The van der Waals surface area contributed by atoms with Gasteiger partial charge in [-0.1, -0.05) is 6.92 Å². The lowest BCUT2D eigenvalue weighted by Gasteiger charge is -2.16. The third kappa shape index (κ3) is 3.63. The van der Waals surface area contributed by atoms with Crippen LogP contribution in [0.1, 0.15) is 35.7 Å². The third-order valence-electron chi connectivity index (χ3n) is 2.63. The second-order valence-electron chi connectivity index (χ2n) is 4.15. The lowest BCUT2D eigenvalue weighted by atomic mass is 10.1. The maximum atomic E-state index is 4.55. The molecule has 4 heteroatoms. The zero-order valence-electron chi connectivity index (χ0n) is 10.3. The standard InChI is InChI=1S/C13H18N2S2/c1-3-5-14-12(11-4-6-16-9-11)7-13-15-10(2)8-17-13/h4,6,8-9,12,14H,3,5,7H2,1-2H3. The summed E-state index contributed by atoms with van der Waals surface area (Å²) in [6, 6.07) is 2.62. The second-order valence-corrected chi connectivity index (χ2v) is 5.87. The van der Waals surface area contributed by atoms with E-state index in [1.54, 1.807) is 22.7 Å². The van der Waals surface area contributed by atoms with E-state index in [1.807, 2.05) is 0 Å². The van der Waals surface area contributed by atoms with E-state index >= 15 is 0 Å². The van der Waals surface area contributed by atoms with Crippen LogP contribution < -0.4 is 5.32 Å². The van der Waals surface area contributed by atoms with E-state index in [1.165, 1.54) is 10.6 Å². The molecule has 0 aliphatic heterocycles. The Hall–Kier alpha value is -0.710. The van der Waals surface area contributed by atoms with Crippen molar-refractivity contribution in [2.24, 2.45) is 0 Å². The first-order valence-corrected chi connectivity index (χ1v) is 7.78. The number of nitrogens with one attached hydrogen (secondary N) is 1. The first-order chi connectivity index (χ1) is 8.29. The van der Waals surface area contributed by atoms with Gasteiger partial charge in [-0.05, 0) is 42.3 Å².